The van der Waals surface area contributed by atoms with Crippen molar-refractivity contribution in [1.82, 2.24) is 9.38 Å². The van der Waals surface area contributed by atoms with E-state index in [2.05, 4.69) is 9.38 Å². The van der Waals surface area contributed by atoms with E-state index in [4.69, 9.17) is 17.3 Å². The maximum atomic E-state index is 5.98. The zero-order valence-electron chi connectivity index (χ0n) is 9.23. The Morgan fingerprint density at radius 1 is 1.24 bits per heavy atom. The minimum atomic E-state index is 0.619. The molecular weight excluding hydrogens is 234 g/mol. The Morgan fingerprint density at radius 3 is 2.94 bits per heavy atom. The molecule has 4 heteroatoms. The Bertz CT molecular complexity index is 688. The quantitative estimate of drug-likeness (QED) is 0.754. The van der Waals surface area contributed by atoms with Gasteiger partial charge in [-0.15, -0.1) is 0 Å². The summed E-state index contributed by atoms with van der Waals surface area (Å²) in [5.74, 6) is 0. The van der Waals surface area contributed by atoms with Gasteiger partial charge in [-0.1, -0.05) is 11.6 Å². The summed E-state index contributed by atoms with van der Waals surface area (Å²) in [6, 6.07) is 9.90. The van der Waals surface area contributed by atoms with Crippen LogP contribution in [-0.4, -0.2) is 15.9 Å². The van der Waals surface area contributed by atoms with Crippen LogP contribution in [0, 0.1) is 0 Å². The first kappa shape index (κ1) is 10.6. The van der Waals surface area contributed by atoms with Crippen LogP contribution < -0.4 is 5.73 Å². The zero-order valence-corrected chi connectivity index (χ0v) is 9.98. The molecule has 0 aliphatic heterocycles. The van der Waals surface area contributed by atoms with Crippen LogP contribution in [-0.2, 0) is 6.42 Å². The lowest BCUT2D eigenvalue weighted by atomic mass is 10.2. The summed E-state index contributed by atoms with van der Waals surface area (Å²) in [5, 5.41) is 1.86. The van der Waals surface area contributed by atoms with E-state index in [9.17, 15) is 0 Å². The fourth-order valence-corrected chi connectivity index (χ4v) is 2.25. The maximum Gasteiger partial charge on any atom is 0.137 e. The molecule has 3 nitrogen and oxygen atoms in total. The van der Waals surface area contributed by atoms with Crippen molar-refractivity contribution < 1.29 is 0 Å². The molecule has 0 fully saturated rings. The molecule has 0 amide bonds. The molecule has 0 saturated heterocycles. The molecule has 3 aromatic rings. The third-order valence-electron chi connectivity index (χ3n) is 2.84. The van der Waals surface area contributed by atoms with E-state index >= 15 is 0 Å². The van der Waals surface area contributed by atoms with Gasteiger partial charge in [-0.3, -0.25) is 4.40 Å². The highest BCUT2D eigenvalue weighted by Crippen LogP contribution is 2.21. The molecule has 0 aliphatic carbocycles. The maximum absolute atomic E-state index is 5.98. The number of imidazole rings is 1. The van der Waals surface area contributed by atoms with Gasteiger partial charge < -0.3 is 5.73 Å². The lowest BCUT2D eigenvalue weighted by Crippen LogP contribution is -2.02. The average Bonchev–Trinajstić information content (AvgIpc) is 2.72. The van der Waals surface area contributed by atoms with E-state index in [-0.39, 0.29) is 0 Å². The molecular formula is C13H12ClN3. The smallest absolute Gasteiger partial charge is 0.137 e. The first-order chi connectivity index (χ1) is 8.28. The van der Waals surface area contributed by atoms with Crippen molar-refractivity contribution in [2.75, 3.05) is 6.54 Å². The van der Waals surface area contributed by atoms with Crippen molar-refractivity contribution in [2.24, 2.45) is 5.73 Å². The summed E-state index contributed by atoms with van der Waals surface area (Å²) < 4.78 is 2.08. The Morgan fingerprint density at radius 2 is 2.12 bits per heavy atom. The second-order valence-corrected chi connectivity index (χ2v) is 4.47. The van der Waals surface area contributed by atoms with Crippen molar-refractivity contribution in [1.29, 1.82) is 0 Å². The Balaban J connectivity index is 2.31. The fraction of sp³-hybridized carbons (Fsp3) is 0.154. The molecule has 2 aromatic heterocycles. The van der Waals surface area contributed by atoms with Gasteiger partial charge in [0.1, 0.15) is 5.65 Å². The summed E-state index contributed by atoms with van der Waals surface area (Å²) >= 11 is 5.98. The standard InChI is InChI=1S/C13H12ClN3/c14-10-2-3-12-9(7-10)1-4-13-16-11(5-6-15)8-17(12)13/h1-4,7-8H,5-6,15H2. The Hall–Kier alpha value is -1.58. The highest BCUT2D eigenvalue weighted by Gasteiger charge is 2.04. The predicted octanol–water partition coefficient (Wildman–Crippen LogP) is 2.64. The number of hydrogen-bond donors (Lipinski definition) is 1. The molecule has 0 saturated carbocycles. The molecule has 17 heavy (non-hydrogen) atoms. The number of pyridine rings is 1. The fourth-order valence-electron chi connectivity index (χ4n) is 2.07. The van der Waals surface area contributed by atoms with Crippen LogP contribution in [0.15, 0.2) is 36.5 Å². The molecule has 0 radical (unpaired) electrons. The molecule has 0 bridgehead atoms. The summed E-state index contributed by atoms with van der Waals surface area (Å²) in [6.45, 7) is 0.619. The zero-order chi connectivity index (χ0) is 11.8. The second kappa shape index (κ2) is 4.02. The normalized spacial score (nSPS) is 11.4. The van der Waals surface area contributed by atoms with Crippen LogP contribution >= 0.6 is 11.6 Å². The van der Waals surface area contributed by atoms with Crippen molar-refractivity contribution >= 4 is 28.2 Å². The third-order valence-corrected chi connectivity index (χ3v) is 3.08. The average molecular weight is 246 g/mol. The minimum Gasteiger partial charge on any atom is -0.330 e. The SMILES string of the molecule is NCCc1cn2c(ccc3cc(Cl)ccc32)n1. The first-order valence-electron chi connectivity index (χ1n) is 5.54. The predicted molar refractivity (Wildman–Crippen MR) is 70.5 cm³/mol. The van der Waals surface area contributed by atoms with Gasteiger partial charge in [-0.05, 0) is 36.9 Å². The number of nitrogens with zero attached hydrogens (tertiary/aromatic N) is 2. The molecule has 3 rings (SSSR count). The van der Waals surface area contributed by atoms with Gasteiger partial charge in [-0.2, -0.15) is 0 Å². The number of nitrogens with two attached hydrogens (primary N) is 1. The molecule has 2 N–H and O–H groups in total. The number of rotatable bonds is 2. The van der Waals surface area contributed by atoms with Gasteiger partial charge in [0.05, 0.1) is 11.2 Å². The highest BCUT2D eigenvalue weighted by molar-refractivity contribution is 6.31. The molecule has 2 heterocycles. The number of halogens is 1. The Labute approximate surface area is 104 Å². The van der Waals surface area contributed by atoms with Crippen LogP contribution in [0.5, 0.6) is 0 Å². The number of hydrogen-bond acceptors (Lipinski definition) is 2. The lowest BCUT2D eigenvalue weighted by Gasteiger charge is -2.01. The summed E-state index contributed by atoms with van der Waals surface area (Å²) in [5.41, 5.74) is 8.63. The van der Waals surface area contributed by atoms with Crippen LogP contribution in [0.3, 0.4) is 0 Å². The topological polar surface area (TPSA) is 43.3 Å². The first-order valence-corrected chi connectivity index (χ1v) is 5.92. The van der Waals surface area contributed by atoms with Gasteiger partial charge in [0, 0.05) is 23.0 Å². The summed E-state index contributed by atoms with van der Waals surface area (Å²) in [7, 11) is 0. The largest absolute Gasteiger partial charge is 0.330 e. The summed E-state index contributed by atoms with van der Waals surface area (Å²) in [4.78, 5) is 4.52. The second-order valence-electron chi connectivity index (χ2n) is 4.04. The lowest BCUT2D eigenvalue weighted by molar-refractivity contribution is 0.937. The van der Waals surface area contributed by atoms with Gasteiger partial charge in [-0.25, -0.2) is 4.98 Å². The molecule has 0 spiro atoms. The van der Waals surface area contributed by atoms with Crippen LogP contribution in [0.25, 0.3) is 16.6 Å². The van der Waals surface area contributed by atoms with Crippen LogP contribution in [0.1, 0.15) is 5.69 Å². The minimum absolute atomic E-state index is 0.619. The van der Waals surface area contributed by atoms with Crippen LogP contribution in [0.4, 0.5) is 0 Å². The third kappa shape index (κ3) is 1.77. The molecule has 0 atom stereocenters. The van der Waals surface area contributed by atoms with Crippen molar-refractivity contribution in [2.45, 2.75) is 6.42 Å². The van der Waals surface area contributed by atoms with Gasteiger partial charge in [0.25, 0.3) is 0 Å². The van der Waals surface area contributed by atoms with Crippen LogP contribution in [0.2, 0.25) is 5.02 Å². The number of aromatic nitrogens is 2. The van der Waals surface area contributed by atoms with E-state index in [1.54, 1.807) is 0 Å². The van der Waals surface area contributed by atoms with Crippen molar-refractivity contribution in [3.05, 3.63) is 47.2 Å². The van der Waals surface area contributed by atoms with Crippen molar-refractivity contribution in [3.63, 3.8) is 0 Å². The van der Waals surface area contributed by atoms with E-state index in [0.29, 0.717) is 6.54 Å². The molecule has 0 aliphatic rings. The number of benzene rings is 1. The van der Waals surface area contributed by atoms with Gasteiger partial charge >= 0.3 is 0 Å². The number of fused-ring (bicyclic) bond motifs is 3. The van der Waals surface area contributed by atoms with Crippen molar-refractivity contribution in [3.8, 4) is 0 Å². The molecule has 86 valence electrons. The van der Waals surface area contributed by atoms with Gasteiger partial charge in [0.15, 0.2) is 0 Å². The monoisotopic (exact) mass is 245 g/mol. The van der Waals surface area contributed by atoms with E-state index < -0.39 is 0 Å². The Kier molecular flexibility index (Phi) is 2.50. The van der Waals surface area contributed by atoms with Gasteiger partial charge in [0.2, 0.25) is 0 Å². The molecule has 1 aromatic carbocycles. The highest BCUT2D eigenvalue weighted by atomic mass is 35.5. The van der Waals surface area contributed by atoms with E-state index in [1.807, 2.05) is 36.5 Å². The van der Waals surface area contributed by atoms with E-state index in [1.165, 1.54) is 0 Å². The molecule has 0 unspecified atom stereocenters. The van der Waals surface area contributed by atoms with E-state index in [0.717, 1.165) is 33.7 Å². The summed E-state index contributed by atoms with van der Waals surface area (Å²) in [6.07, 6.45) is 2.84.